The second-order valence-electron chi connectivity index (χ2n) is 3.34. The number of sulfonamides is 1. The zero-order valence-corrected chi connectivity index (χ0v) is 10.3. The highest BCUT2D eigenvalue weighted by atomic mass is 32.2. The Morgan fingerprint density at radius 3 is 2.72 bits per heavy atom. The van der Waals surface area contributed by atoms with E-state index in [4.69, 9.17) is 5.11 Å². The van der Waals surface area contributed by atoms with Crippen LogP contribution in [0.5, 0.6) is 0 Å². The minimum Gasteiger partial charge on any atom is -0.468 e. The summed E-state index contributed by atoms with van der Waals surface area (Å²) in [6.45, 7) is -0.763. The van der Waals surface area contributed by atoms with Crippen molar-refractivity contribution < 1.29 is 27.4 Å². The number of benzene rings is 1. The predicted molar refractivity (Wildman–Crippen MR) is 59.6 cm³/mol. The van der Waals surface area contributed by atoms with E-state index in [1.165, 1.54) is 6.07 Å². The topological polar surface area (TPSA) is 92.7 Å². The van der Waals surface area contributed by atoms with E-state index >= 15 is 0 Å². The molecule has 0 aromatic heterocycles. The quantitative estimate of drug-likeness (QED) is 0.717. The maximum absolute atomic E-state index is 12.9. The summed E-state index contributed by atoms with van der Waals surface area (Å²) >= 11 is 0. The van der Waals surface area contributed by atoms with Crippen molar-refractivity contribution in [3.63, 3.8) is 0 Å². The summed E-state index contributed by atoms with van der Waals surface area (Å²) < 4.78 is 42.7. The van der Waals surface area contributed by atoms with Gasteiger partial charge >= 0.3 is 5.97 Å². The van der Waals surface area contributed by atoms with Crippen molar-refractivity contribution in [1.29, 1.82) is 0 Å². The molecule has 100 valence electrons. The normalized spacial score (nSPS) is 13.1. The molecule has 0 fully saturated rings. The third-order valence-electron chi connectivity index (χ3n) is 2.07. The summed E-state index contributed by atoms with van der Waals surface area (Å²) in [6, 6.07) is 2.84. The van der Waals surface area contributed by atoms with Crippen molar-refractivity contribution in [1.82, 2.24) is 4.72 Å². The van der Waals surface area contributed by atoms with Crippen molar-refractivity contribution in [3.8, 4) is 0 Å². The van der Waals surface area contributed by atoms with Gasteiger partial charge in [0.15, 0.2) is 0 Å². The number of aliphatic hydroxyl groups is 1. The summed E-state index contributed by atoms with van der Waals surface area (Å²) in [5.41, 5.74) is 0. The molecule has 1 unspecified atom stereocenters. The summed E-state index contributed by atoms with van der Waals surface area (Å²) in [7, 11) is -3.04. The Morgan fingerprint density at radius 1 is 1.56 bits per heavy atom. The average Bonchev–Trinajstić information content (AvgIpc) is 2.35. The summed E-state index contributed by atoms with van der Waals surface area (Å²) in [5, 5.41) is 8.89. The molecule has 0 amide bonds. The van der Waals surface area contributed by atoms with Crippen LogP contribution < -0.4 is 4.72 Å². The van der Waals surface area contributed by atoms with E-state index in [-0.39, 0.29) is 4.90 Å². The van der Waals surface area contributed by atoms with Crippen molar-refractivity contribution >= 4 is 16.0 Å². The molecule has 1 aromatic rings. The minimum absolute atomic E-state index is 0.343. The number of halogens is 1. The van der Waals surface area contributed by atoms with Crippen LogP contribution in [0.1, 0.15) is 0 Å². The molecule has 1 aromatic carbocycles. The van der Waals surface area contributed by atoms with Gasteiger partial charge < -0.3 is 9.84 Å². The minimum atomic E-state index is -4.10. The van der Waals surface area contributed by atoms with Gasteiger partial charge in [0, 0.05) is 0 Å². The molecule has 0 aliphatic carbocycles. The molecule has 0 aliphatic rings. The van der Waals surface area contributed by atoms with Gasteiger partial charge in [0.25, 0.3) is 0 Å². The SMILES string of the molecule is COC(=O)C(CO)NS(=O)(=O)c1cccc(F)c1. The van der Waals surface area contributed by atoms with Gasteiger partial charge in [-0.25, -0.2) is 12.8 Å². The second-order valence-corrected chi connectivity index (χ2v) is 5.05. The molecule has 0 aliphatic heterocycles. The third-order valence-corrected chi connectivity index (χ3v) is 3.54. The van der Waals surface area contributed by atoms with Crippen LogP contribution in [0.4, 0.5) is 4.39 Å². The Labute approximate surface area is 103 Å². The lowest BCUT2D eigenvalue weighted by atomic mass is 10.3. The van der Waals surface area contributed by atoms with Gasteiger partial charge in [-0.05, 0) is 18.2 Å². The van der Waals surface area contributed by atoms with Gasteiger partial charge in [0.1, 0.15) is 11.9 Å². The van der Waals surface area contributed by atoms with Gasteiger partial charge in [0.2, 0.25) is 10.0 Å². The van der Waals surface area contributed by atoms with E-state index < -0.39 is 34.5 Å². The Kier molecular flexibility index (Phi) is 4.76. The van der Waals surface area contributed by atoms with E-state index in [0.29, 0.717) is 0 Å². The van der Waals surface area contributed by atoms with E-state index in [1.807, 2.05) is 4.72 Å². The number of aliphatic hydroxyl groups excluding tert-OH is 1. The van der Waals surface area contributed by atoms with Crippen LogP contribution in [0.2, 0.25) is 0 Å². The first-order valence-electron chi connectivity index (χ1n) is 4.87. The van der Waals surface area contributed by atoms with Crippen molar-refractivity contribution in [2.45, 2.75) is 10.9 Å². The fourth-order valence-corrected chi connectivity index (χ4v) is 2.40. The van der Waals surface area contributed by atoms with E-state index in [0.717, 1.165) is 25.3 Å². The zero-order valence-electron chi connectivity index (χ0n) is 9.46. The number of carbonyl (C=O) groups excluding carboxylic acids is 1. The number of methoxy groups -OCH3 is 1. The first kappa shape index (κ1) is 14.6. The maximum Gasteiger partial charge on any atom is 0.326 e. The molecule has 0 bridgehead atoms. The van der Waals surface area contributed by atoms with Gasteiger partial charge in [-0.3, -0.25) is 4.79 Å². The van der Waals surface area contributed by atoms with Crippen LogP contribution in [-0.4, -0.2) is 39.3 Å². The number of hydrogen-bond donors (Lipinski definition) is 2. The molecule has 0 heterocycles. The standard InChI is InChI=1S/C10H12FNO5S/c1-17-10(14)9(6-13)12-18(15,16)8-4-2-3-7(11)5-8/h2-5,9,12-13H,6H2,1H3. The lowest BCUT2D eigenvalue weighted by Crippen LogP contribution is -2.43. The van der Waals surface area contributed by atoms with Crippen molar-refractivity contribution in [3.05, 3.63) is 30.1 Å². The fraction of sp³-hybridized carbons (Fsp3) is 0.300. The van der Waals surface area contributed by atoms with Crippen LogP contribution in [0.3, 0.4) is 0 Å². The van der Waals surface area contributed by atoms with Crippen LogP contribution in [0.25, 0.3) is 0 Å². The molecule has 0 saturated heterocycles. The molecular weight excluding hydrogens is 265 g/mol. The van der Waals surface area contributed by atoms with E-state index in [1.54, 1.807) is 0 Å². The highest BCUT2D eigenvalue weighted by molar-refractivity contribution is 7.89. The van der Waals surface area contributed by atoms with Gasteiger partial charge in [-0.1, -0.05) is 6.07 Å². The highest BCUT2D eigenvalue weighted by Gasteiger charge is 2.25. The number of ether oxygens (including phenoxy) is 1. The summed E-state index contributed by atoms with van der Waals surface area (Å²) in [6.07, 6.45) is 0. The average molecular weight is 277 g/mol. The van der Waals surface area contributed by atoms with Gasteiger partial charge in [-0.2, -0.15) is 4.72 Å². The zero-order chi connectivity index (χ0) is 13.8. The van der Waals surface area contributed by atoms with Gasteiger partial charge in [0.05, 0.1) is 18.6 Å². The molecule has 0 radical (unpaired) electrons. The molecule has 6 nitrogen and oxygen atoms in total. The first-order valence-corrected chi connectivity index (χ1v) is 6.35. The summed E-state index contributed by atoms with van der Waals surface area (Å²) in [5.74, 6) is -1.66. The highest BCUT2D eigenvalue weighted by Crippen LogP contribution is 2.11. The van der Waals surface area contributed by atoms with Crippen molar-refractivity contribution in [2.75, 3.05) is 13.7 Å². The Bertz CT molecular complexity index is 531. The molecule has 1 atom stereocenters. The molecule has 18 heavy (non-hydrogen) atoms. The molecule has 8 heteroatoms. The number of nitrogens with one attached hydrogen (secondary N) is 1. The fourth-order valence-electron chi connectivity index (χ4n) is 1.19. The lowest BCUT2D eigenvalue weighted by Gasteiger charge is -2.14. The molecule has 0 spiro atoms. The maximum atomic E-state index is 12.9. The first-order chi connectivity index (χ1) is 8.40. The second kappa shape index (κ2) is 5.89. The van der Waals surface area contributed by atoms with Crippen LogP contribution in [0, 0.1) is 5.82 Å². The Hall–Kier alpha value is -1.51. The largest absolute Gasteiger partial charge is 0.468 e. The van der Waals surface area contributed by atoms with E-state index in [9.17, 15) is 17.6 Å². The van der Waals surface area contributed by atoms with E-state index in [2.05, 4.69) is 4.74 Å². The molecule has 1 rings (SSSR count). The summed E-state index contributed by atoms with van der Waals surface area (Å²) in [4.78, 5) is 10.8. The lowest BCUT2D eigenvalue weighted by molar-refractivity contribution is -0.143. The van der Waals surface area contributed by atoms with Crippen LogP contribution in [-0.2, 0) is 19.6 Å². The monoisotopic (exact) mass is 277 g/mol. The molecular formula is C10H12FNO5S. The number of carbonyl (C=O) groups is 1. The Balaban J connectivity index is 2.97. The van der Waals surface area contributed by atoms with Crippen LogP contribution >= 0.6 is 0 Å². The van der Waals surface area contributed by atoms with Crippen LogP contribution in [0.15, 0.2) is 29.2 Å². The molecule has 0 saturated carbocycles. The predicted octanol–water partition coefficient (Wildman–Crippen LogP) is -0.362. The van der Waals surface area contributed by atoms with Gasteiger partial charge in [-0.15, -0.1) is 0 Å². The number of hydrogen-bond acceptors (Lipinski definition) is 5. The molecule has 2 N–H and O–H groups in total. The Morgan fingerprint density at radius 2 is 2.22 bits per heavy atom. The third kappa shape index (κ3) is 3.49. The number of esters is 1. The smallest absolute Gasteiger partial charge is 0.326 e. The number of rotatable bonds is 5. The van der Waals surface area contributed by atoms with Crippen molar-refractivity contribution in [2.24, 2.45) is 0 Å².